The second-order valence-electron chi connectivity index (χ2n) is 17.4. The standard InChI is InChI=1S/C53H100O5/c1-4-7-10-13-16-19-21-23-25-26-27-29-31-33-36-39-42-45-48-56-49-51(58-53(55)47-44-41-38-34-18-15-12-9-6-3)50-57-52(54)46-43-40-37-35-32-30-28-24-22-20-17-14-11-8-5-2/h17,20,24,28,51H,4-16,18-19,21-23,25-27,29-50H2,1-3H3/b20-17-,28-24-. The molecule has 0 aromatic rings. The normalized spacial score (nSPS) is 12.3. The van der Waals surface area contributed by atoms with Crippen molar-refractivity contribution in [3.63, 3.8) is 0 Å². The van der Waals surface area contributed by atoms with Gasteiger partial charge in [-0.05, 0) is 51.4 Å². The van der Waals surface area contributed by atoms with Crippen LogP contribution in [-0.4, -0.2) is 37.9 Å². The van der Waals surface area contributed by atoms with Crippen LogP contribution in [0, 0.1) is 0 Å². The summed E-state index contributed by atoms with van der Waals surface area (Å²) in [5.74, 6) is -0.399. The van der Waals surface area contributed by atoms with Gasteiger partial charge >= 0.3 is 11.9 Å². The molecule has 5 nitrogen and oxygen atoms in total. The lowest BCUT2D eigenvalue weighted by Gasteiger charge is -2.18. The first-order chi connectivity index (χ1) is 28.6. The Labute approximate surface area is 362 Å². The van der Waals surface area contributed by atoms with Crippen molar-refractivity contribution in [2.24, 2.45) is 0 Å². The highest BCUT2D eigenvalue weighted by Crippen LogP contribution is 2.16. The highest BCUT2D eigenvalue weighted by atomic mass is 16.6. The molecule has 5 heteroatoms. The predicted molar refractivity (Wildman–Crippen MR) is 252 cm³/mol. The van der Waals surface area contributed by atoms with Crippen LogP contribution in [0.5, 0.6) is 0 Å². The van der Waals surface area contributed by atoms with Gasteiger partial charge in [0.25, 0.3) is 0 Å². The maximum absolute atomic E-state index is 12.7. The van der Waals surface area contributed by atoms with Crippen LogP contribution in [0.4, 0.5) is 0 Å². The van der Waals surface area contributed by atoms with E-state index in [4.69, 9.17) is 14.2 Å². The summed E-state index contributed by atoms with van der Waals surface area (Å²) in [4.78, 5) is 25.3. The summed E-state index contributed by atoms with van der Waals surface area (Å²) in [5, 5.41) is 0. The molecular formula is C53H100O5. The van der Waals surface area contributed by atoms with Crippen molar-refractivity contribution >= 4 is 11.9 Å². The first-order valence-electron chi connectivity index (χ1n) is 25.9. The molecule has 0 aromatic heterocycles. The zero-order valence-corrected chi connectivity index (χ0v) is 39.3. The van der Waals surface area contributed by atoms with Crippen LogP contribution in [0.3, 0.4) is 0 Å². The Morgan fingerprint density at radius 1 is 0.379 bits per heavy atom. The molecule has 1 atom stereocenters. The van der Waals surface area contributed by atoms with Crippen molar-refractivity contribution in [3.05, 3.63) is 24.3 Å². The minimum atomic E-state index is -0.532. The molecule has 0 aliphatic rings. The monoisotopic (exact) mass is 817 g/mol. The number of allylic oxidation sites excluding steroid dienone is 4. The molecule has 1 unspecified atom stereocenters. The summed E-state index contributed by atoms with van der Waals surface area (Å²) >= 11 is 0. The molecule has 0 radical (unpaired) electrons. The number of rotatable bonds is 48. The first kappa shape index (κ1) is 56.4. The van der Waals surface area contributed by atoms with Crippen molar-refractivity contribution in [2.45, 2.75) is 284 Å². The third-order valence-corrected chi connectivity index (χ3v) is 11.5. The van der Waals surface area contributed by atoms with Gasteiger partial charge < -0.3 is 14.2 Å². The first-order valence-corrected chi connectivity index (χ1v) is 25.9. The van der Waals surface area contributed by atoms with Crippen LogP contribution in [0.25, 0.3) is 0 Å². The molecule has 0 fully saturated rings. The van der Waals surface area contributed by atoms with E-state index in [1.807, 2.05) is 0 Å². The van der Waals surface area contributed by atoms with E-state index in [2.05, 4.69) is 45.1 Å². The van der Waals surface area contributed by atoms with Gasteiger partial charge in [-0.2, -0.15) is 0 Å². The average Bonchev–Trinajstić information content (AvgIpc) is 3.22. The molecule has 0 heterocycles. The highest BCUT2D eigenvalue weighted by molar-refractivity contribution is 5.70. The molecule has 0 aromatic carbocycles. The van der Waals surface area contributed by atoms with Gasteiger partial charge in [0.05, 0.1) is 6.61 Å². The van der Waals surface area contributed by atoms with E-state index in [0.29, 0.717) is 26.1 Å². The van der Waals surface area contributed by atoms with Gasteiger partial charge in [0.1, 0.15) is 6.61 Å². The van der Waals surface area contributed by atoms with Crippen LogP contribution in [-0.2, 0) is 23.8 Å². The van der Waals surface area contributed by atoms with E-state index in [1.54, 1.807) is 0 Å². The largest absolute Gasteiger partial charge is 0.462 e. The lowest BCUT2D eigenvalue weighted by Crippen LogP contribution is -2.30. The number of unbranched alkanes of at least 4 members (excludes halogenated alkanes) is 33. The van der Waals surface area contributed by atoms with Crippen molar-refractivity contribution in [1.82, 2.24) is 0 Å². The van der Waals surface area contributed by atoms with Gasteiger partial charge in [0, 0.05) is 19.4 Å². The fourth-order valence-electron chi connectivity index (χ4n) is 7.60. The van der Waals surface area contributed by atoms with Crippen LogP contribution in [0.15, 0.2) is 24.3 Å². The maximum Gasteiger partial charge on any atom is 0.306 e. The molecule has 0 spiro atoms. The summed E-state index contributed by atoms with van der Waals surface area (Å²) < 4.78 is 17.4. The van der Waals surface area contributed by atoms with Gasteiger partial charge in [-0.1, -0.05) is 238 Å². The van der Waals surface area contributed by atoms with Gasteiger partial charge in [-0.3, -0.25) is 9.59 Å². The molecule has 58 heavy (non-hydrogen) atoms. The second kappa shape index (κ2) is 49.7. The smallest absolute Gasteiger partial charge is 0.306 e. The van der Waals surface area contributed by atoms with Crippen LogP contribution in [0.1, 0.15) is 278 Å². The quantitative estimate of drug-likeness (QED) is 0.0348. The molecule has 0 saturated carbocycles. The summed E-state index contributed by atoms with van der Waals surface area (Å²) in [6, 6.07) is 0. The lowest BCUT2D eigenvalue weighted by atomic mass is 10.0. The minimum absolute atomic E-state index is 0.0850. The summed E-state index contributed by atoms with van der Waals surface area (Å²) in [6.07, 6.45) is 57.6. The molecule has 0 rings (SSSR count). The zero-order valence-electron chi connectivity index (χ0n) is 39.3. The zero-order chi connectivity index (χ0) is 42.1. The van der Waals surface area contributed by atoms with Gasteiger partial charge in [-0.25, -0.2) is 0 Å². The molecule has 342 valence electrons. The summed E-state index contributed by atoms with van der Waals surface area (Å²) in [5.41, 5.74) is 0. The Morgan fingerprint density at radius 2 is 0.724 bits per heavy atom. The predicted octanol–water partition coefficient (Wildman–Crippen LogP) is 17.2. The van der Waals surface area contributed by atoms with Crippen LogP contribution < -0.4 is 0 Å². The Hall–Kier alpha value is -1.62. The highest BCUT2D eigenvalue weighted by Gasteiger charge is 2.17. The molecule has 0 amide bonds. The van der Waals surface area contributed by atoms with Crippen LogP contribution in [0.2, 0.25) is 0 Å². The average molecular weight is 817 g/mol. The Bertz CT molecular complexity index is 882. The number of hydrogen-bond donors (Lipinski definition) is 0. The Morgan fingerprint density at radius 3 is 1.17 bits per heavy atom. The minimum Gasteiger partial charge on any atom is -0.462 e. The molecular weight excluding hydrogens is 717 g/mol. The third-order valence-electron chi connectivity index (χ3n) is 11.5. The summed E-state index contributed by atoms with van der Waals surface area (Å²) in [6.45, 7) is 7.82. The number of carbonyl (C=O) groups excluding carboxylic acids is 2. The Balaban J connectivity index is 4.15. The van der Waals surface area contributed by atoms with Crippen molar-refractivity contribution in [1.29, 1.82) is 0 Å². The van der Waals surface area contributed by atoms with E-state index >= 15 is 0 Å². The maximum atomic E-state index is 12.7. The van der Waals surface area contributed by atoms with Gasteiger partial charge in [0.2, 0.25) is 0 Å². The SMILES string of the molecule is CCCCC/C=C\C/C=C\CCCCCCCC(=O)OCC(COCCCCCCCCCCCCCCCCCCCC)OC(=O)CCCCCCCCCCC. The third kappa shape index (κ3) is 47.1. The molecule has 0 N–H and O–H groups in total. The van der Waals surface area contributed by atoms with E-state index in [1.165, 1.54) is 193 Å². The van der Waals surface area contributed by atoms with Crippen molar-refractivity contribution in [2.75, 3.05) is 19.8 Å². The number of esters is 2. The van der Waals surface area contributed by atoms with Gasteiger partial charge in [-0.15, -0.1) is 0 Å². The van der Waals surface area contributed by atoms with Crippen LogP contribution >= 0.6 is 0 Å². The van der Waals surface area contributed by atoms with E-state index < -0.39 is 6.10 Å². The van der Waals surface area contributed by atoms with Crippen molar-refractivity contribution in [3.8, 4) is 0 Å². The van der Waals surface area contributed by atoms with Crippen molar-refractivity contribution < 1.29 is 23.8 Å². The van der Waals surface area contributed by atoms with E-state index in [9.17, 15) is 9.59 Å². The lowest BCUT2D eigenvalue weighted by molar-refractivity contribution is -0.163. The molecule has 0 aliphatic heterocycles. The topological polar surface area (TPSA) is 61.8 Å². The number of hydrogen-bond acceptors (Lipinski definition) is 5. The number of ether oxygens (including phenoxy) is 3. The van der Waals surface area contributed by atoms with E-state index in [-0.39, 0.29) is 18.5 Å². The molecule has 0 aliphatic carbocycles. The fraction of sp³-hybridized carbons (Fsp3) is 0.887. The van der Waals surface area contributed by atoms with Gasteiger partial charge in [0.15, 0.2) is 6.10 Å². The molecule has 0 bridgehead atoms. The number of carbonyl (C=O) groups is 2. The fourth-order valence-corrected chi connectivity index (χ4v) is 7.60. The molecule has 0 saturated heterocycles. The van der Waals surface area contributed by atoms with E-state index in [0.717, 1.165) is 51.4 Å². The summed E-state index contributed by atoms with van der Waals surface area (Å²) in [7, 11) is 0. The second-order valence-corrected chi connectivity index (χ2v) is 17.4. The Kier molecular flexibility index (Phi) is 48.4.